The quantitative estimate of drug-likeness (QED) is 0.838. The van der Waals surface area contributed by atoms with E-state index in [0.29, 0.717) is 5.41 Å². The van der Waals surface area contributed by atoms with E-state index in [1.54, 1.807) is 0 Å². The largest absolute Gasteiger partial charge is 0.313 e. The van der Waals surface area contributed by atoms with E-state index < -0.39 is 0 Å². The first-order valence-electron chi connectivity index (χ1n) is 6.74. The van der Waals surface area contributed by atoms with Gasteiger partial charge >= 0.3 is 0 Å². The van der Waals surface area contributed by atoms with Crippen LogP contribution in [0.2, 0.25) is 5.02 Å². The molecule has 2 fully saturated rings. The molecule has 2 saturated carbocycles. The molecule has 0 radical (unpaired) electrons. The van der Waals surface area contributed by atoms with E-state index in [1.165, 1.54) is 31.2 Å². The van der Waals surface area contributed by atoms with Crippen molar-refractivity contribution in [1.82, 2.24) is 5.32 Å². The van der Waals surface area contributed by atoms with Gasteiger partial charge in [-0.25, -0.2) is 0 Å². The van der Waals surface area contributed by atoms with Gasteiger partial charge in [-0.15, -0.1) is 0 Å². The third kappa shape index (κ3) is 2.23. The third-order valence-electron chi connectivity index (χ3n) is 4.43. The van der Waals surface area contributed by atoms with Crippen molar-refractivity contribution in [3.8, 4) is 0 Å². The lowest BCUT2D eigenvalue weighted by atomic mass is 9.92. The van der Waals surface area contributed by atoms with Crippen LogP contribution in [-0.4, -0.2) is 12.6 Å². The maximum absolute atomic E-state index is 5.97. The molecule has 0 aromatic heterocycles. The summed E-state index contributed by atoms with van der Waals surface area (Å²) >= 11 is 5.97. The van der Waals surface area contributed by atoms with Crippen molar-refractivity contribution in [2.24, 2.45) is 5.92 Å². The van der Waals surface area contributed by atoms with Crippen LogP contribution in [0.5, 0.6) is 0 Å². The van der Waals surface area contributed by atoms with Crippen molar-refractivity contribution >= 4 is 11.6 Å². The molecule has 0 saturated heterocycles. The van der Waals surface area contributed by atoms with Crippen LogP contribution in [0.3, 0.4) is 0 Å². The molecule has 1 aromatic carbocycles. The first kappa shape index (κ1) is 11.6. The lowest BCUT2D eigenvalue weighted by Crippen LogP contribution is -2.30. The number of hydrogen-bond acceptors (Lipinski definition) is 1. The topological polar surface area (TPSA) is 12.0 Å². The molecule has 0 heterocycles. The van der Waals surface area contributed by atoms with Crippen molar-refractivity contribution in [3.05, 3.63) is 34.9 Å². The summed E-state index contributed by atoms with van der Waals surface area (Å²) in [5.41, 5.74) is 1.88. The van der Waals surface area contributed by atoms with Gasteiger partial charge in [0.15, 0.2) is 0 Å². The molecular formula is C15H20ClN. The molecule has 0 aliphatic heterocycles. The normalized spacial score (nSPS) is 31.5. The van der Waals surface area contributed by atoms with Crippen LogP contribution >= 0.6 is 11.6 Å². The van der Waals surface area contributed by atoms with E-state index in [2.05, 4.69) is 24.4 Å². The van der Waals surface area contributed by atoms with Crippen LogP contribution in [0.1, 0.15) is 38.2 Å². The summed E-state index contributed by atoms with van der Waals surface area (Å²) in [6.07, 6.45) is 5.36. The van der Waals surface area contributed by atoms with Crippen LogP contribution in [0.15, 0.2) is 24.3 Å². The first-order chi connectivity index (χ1) is 8.24. The number of nitrogens with one attached hydrogen (secondary N) is 1. The number of hydrogen-bond donors (Lipinski definition) is 1. The molecule has 2 heteroatoms. The molecule has 17 heavy (non-hydrogen) atoms. The van der Waals surface area contributed by atoms with Gasteiger partial charge in [0.05, 0.1) is 0 Å². The van der Waals surface area contributed by atoms with Gasteiger partial charge < -0.3 is 5.32 Å². The molecule has 92 valence electrons. The summed E-state index contributed by atoms with van der Waals surface area (Å²) in [4.78, 5) is 0. The Bertz CT molecular complexity index is 396. The average Bonchev–Trinajstić information content (AvgIpc) is 3.23. The summed E-state index contributed by atoms with van der Waals surface area (Å²) in [5, 5.41) is 4.54. The van der Waals surface area contributed by atoms with Crippen molar-refractivity contribution in [3.63, 3.8) is 0 Å². The van der Waals surface area contributed by atoms with Crippen LogP contribution < -0.4 is 5.32 Å². The first-order valence-corrected chi connectivity index (χ1v) is 7.12. The molecule has 0 spiro atoms. The van der Waals surface area contributed by atoms with Gasteiger partial charge in [-0.3, -0.25) is 0 Å². The summed E-state index contributed by atoms with van der Waals surface area (Å²) in [6, 6.07) is 9.29. The van der Waals surface area contributed by atoms with E-state index >= 15 is 0 Å². The molecule has 2 aliphatic carbocycles. The molecule has 3 rings (SSSR count). The van der Waals surface area contributed by atoms with Gasteiger partial charge in [0.25, 0.3) is 0 Å². The average molecular weight is 250 g/mol. The van der Waals surface area contributed by atoms with Gasteiger partial charge in [-0.1, -0.05) is 37.1 Å². The van der Waals surface area contributed by atoms with Gasteiger partial charge in [-0.05, 0) is 42.9 Å². The van der Waals surface area contributed by atoms with Gasteiger partial charge in [0.1, 0.15) is 0 Å². The smallest absolute Gasteiger partial charge is 0.0406 e. The Morgan fingerprint density at radius 2 is 2.00 bits per heavy atom. The molecule has 1 nitrogen and oxygen atoms in total. The van der Waals surface area contributed by atoms with Crippen LogP contribution in [0.25, 0.3) is 0 Å². The molecule has 2 atom stereocenters. The summed E-state index contributed by atoms with van der Waals surface area (Å²) in [7, 11) is 0. The second-order valence-corrected chi connectivity index (χ2v) is 6.06. The summed E-state index contributed by atoms with van der Waals surface area (Å²) in [5.74, 6) is 0.856. The Morgan fingerprint density at radius 1 is 1.29 bits per heavy atom. The van der Waals surface area contributed by atoms with E-state index in [1.807, 2.05) is 12.1 Å². The number of rotatable bonds is 5. The highest BCUT2D eigenvalue weighted by Crippen LogP contribution is 2.55. The van der Waals surface area contributed by atoms with Crippen molar-refractivity contribution < 1.29 is 0 Å². The fraction of sp³-hybridized carbons (Fsp3) is 0.600. The zero-order chi connectivity index (χ0) is 11.9. The molecule has 0 bridgehead atoms. The van der Waals surface area contributed by atoms with Gasteiger partial charge in [-0.2, -0.15) is 0 Å². The third-order valence-corrected chi connectivity index (χ3v) is 4.68. The highest BCUT2D eigenvalue weighted by atomic mass is 35.5. The predicted octanol–water partition coefficient (Wildman–Crippen LogP) is 3.76. The van der Waals surface area contributed by atoms with Crippen LogP contribution in [0.4, 0.5) is 0 Å². The second kappa shape index (κ2) is 4.29. The summed E-state index contributed by atoms with van der Waals surface area (Å²) in [6.45, 7) is 3.46. The zero-order valence-corrected chi connectivity index (χ0v) is 11.1. The minimum absolute atomic E-state index is 0.405. The van der Waals surface area contributed by atoms with Crippen molar-refractivity contribution in [1.29, 1.82) is 0 Å². The highest BCUT2D eigenvalue weighted by Gasteiger charge is 2.53. The molecule has 1 aromatic rings. The Kier molecular flexibility index (Phi) is 2.92. The number of benzene rings is 1. The monoisotopic (exact) mass is 249 g/mol. The fourth-order valence-electron chi connectivity index (χ4n) is 2.98. The predicted molar refractivity (Wildman–Crippen MR) is 72.6 cm³/mol. The lowest BCUT2D eigenvalue weighted by molar-refractivity contribution is 0.522. The number of halogens is 1. The Balaban J connectivity index is 1.76. The minimum atomic E-state index is 0.405. The Labute approximate surface area is 109 Å². The van der Waals surface area contributed by atoms with Crippen LogP contribution in [-0.2, 0) is 5.41 Å². The maximum atomic E-state index is 5.97. The van der Waals surface area contributed by atoms with Crippen molar-refractivity contribution in [2.45, 2.75) is 44.1 Å². The van der Waals surface area contributed by atoms with Gasteiger partial charge in [0.2, 0.25) is 0 Å². The Morgan fingerprint density at radius 3 is 2.53 bits per heavy atom. The van der Waals surface area contributed by atoms with Crippen LogP contribution in [0, 0.1) is 5.92 Å². The minimum Gasteiger partial charge on any atom is -0.313 e. The lowest BCUT2D eigenvalue weighted by Gasteiger charge is -2.19. The SMILES string of the molecule is CCC1CC1(CNC1CC1)c1ccc(Cl)cc1. The molecule has 2 aliphatic rings. The van der Waals surface area contributed by atoms with E-state index in [9.17, 15) is 0 Å². The van der Waals surface area contributed by atoms with E-state index in [4.69, 9.17) is 11.6 Å². The molecule has 2 unspecified atom stereocenters. The van der Waals surface area contributed by atoms with Crippen molar-refractivity contribution in [2.75, 3.05) is 6.54 Å². The fourth-order valence-corrected chi connectivity index (χ4v) is 3.11. The maximum Gasteiger partial charge on any atom is 0.0406 e. The zero-order valence-electron chi connectivity index (χ0n) is 10.4. The standard InChI is InChI=1S/C15H20ClN/c1-2-11-9-15(11,10-17-14-7-8-14)12-3-5-13(16)6-4-12/h3-6,11,14,17H,2,7-10H2,1H3. The Hall–Kier alpha value is -0.530. The van der Waals surface area contributed by atoms with E-state index in [-0.39, 0.29) is 0 Å². The summed E-state index contributed by atoms with van der Waals surface area (Å²) < 4.78 is 0. The second-order valence-electron chi connectivity index (χ2n) is 5.63. The van der Waals surface area contributed by atoms with Gasteiger partial charge in [0, 0.05) is 23.0 Å². The molecule has 1 N–H and O–H groups in total. The molecule has 0 amide bonds. The highest BCUT2D eigenvalue weighted by molar-refractivity contribution is 6.30. The van der Waals surface area contributed by atoms with E-state index in [0.717, 1.165) is 23.5 Å². The molecular weight excluding hydrogens is 230 g/mol.